The van der Waals surface area contributed by atoms with Gasteiger partial charge in [0.05, 0.1) is 14.2 Å². The molecule has 1 aliphatic rings. The van der Waals surface area contributed by atoms with E-state index in [9.17, 15) is 0 Å². The van der Waals surface area contributed by atoms with Crippen LogP contribution >= 0.6 is 0 Å². The van der Waals surface area contributed by atoms with E-state index in [-0.39, 0.29) is 0 Å². The average Bonchev–Trinajstić information content (AvgIpc) is 2.94. The number of rotatable bonds is 5. The van der Waals surface area contributed by atoms with Crippen LogP contribution < -0.4 is 14.8 Å². The maximum atomic E-state index is 5.44. The lowest BCUT2D eigenvalue weighted by Crippen LogP contribution is -2.24. The molecule has 0 aromatic heterocycles. The van der Waals surface area contributed by atoms with Gasteiger partial charge in [0.2, 0.25) is 0 Å². The van der Waals surface area contributed by atoms with Crippen LogP contribution in [-0.2, 0) is 0 Å². The minimum Gasteiger partial charge on any atom is -0.493 e. The van der Waals surface area contributed by atoms with E-state index in [1.807, 2.05) is 0 Å². The lowest BCUT2D eigenvalue weighted by atomic mass is 9.89. The summed E-state index contributed by atoms with van der Waals surface area (Å²) in [4.78, 5) is 0. The standard InChI is InChI=1S/C16H25NO2/c1-11-9-14(18-3)15(19-4)10-13(11)16(17-2)12-7-5-6-8-12/h9-10,12,16-17H,5-8H2,1-4H3. The number of nitrogens with one attached hydrogen (secondary N) is 1. The Morgan fingerprint density at radius 1 is 1.11 bits per heavy atom. The molecule has 1 fully saturated rings. The minimum atomic E-state index is 0.419. The summed E-state index contributed by atoms with van der Waals surface area (Å²) in [5.41, 5.74) is 2.61. The monoisotopic (exact) mass is 263 g/mol. The van der Waals surface area contributed by atoms with Gasteiger partial charge >= 0.3 is 0 Å². The number of benzene rings is 1. The van der Waals surface area contributed by atoms with Gasteiger partial charge < -0.3 is 14.8 Å². The van der Waals surface area contributed by atoms with Crippen LogP contribution in [0.15, 0.2) is 12.1 Å². The zero-order chi connectivity index (χ0) is 13.8. The number of methoxy groups -OCH3 is 2. The smallest absolute Gasteiger partial charge is 0.161 e. The zero-order valence-corrected chi connectivity index (χ0v) is 12.5. The van der Waals surface area contributed by atoms with Crippen molar-refractivity contribution in [2.75, 3.05) is 21.3 Å². The van der Waals surface area contributed by atoms with Crippen molar-refractivity contribution < 1.29 is 9.47 Å². The van der Waals surface area contributed by atoms with Gasteiger partial charge in [-0.15, -0.1) is 0 Å². The Bertz CT molecular complexity index is 425. The summed E-state index contributed by atoms with van der Waals surface area (Å²) in [6.07, 6.45) is 5.35. The second-order valence-electron chi connectivity index (χ2n) is 5.37. The lowest BCUT2D eigenvalue weighted by molar-refractivity contribution is 0.349. The Morgan fingerprint density at radius 2 is 1.68 bits per heavy atom. The highest BCUT2D eigenvalue weighted by atomic mass is 16.5. The molecule has 1 saturated carbocycles. The fourth-order valence-corrected chi connectivity index (χ4v) is 3.27. The average molecular weight is 263 g/mol. The van der Waals surface area contributed by atoms with Crippen molar-refractivity contribution in [1.82, 2.24) is 5.32 Å². The molecule has 1 aromatic rings. The summed E-state index contributed by atoms with van der Waals surface area (Å²) in [5, 5.41) is 3.49. The molecule has 0 spiro atoms. The molecular formula is C16H25NO2. The van der Waals surface area contributed by atoms with Gasteiger partial charge in [-0.2, -0.15) is 0 Å². The van der Waals surface area contributed by atoms with Crippen LogP contribution in [0.2, 0.25) is 0 Å². The summed E-state index contributed by atoms with van der Waals surface area (Å²) in [6, 6.07) is 4.63. The molecule has 1 N–H and O–H groups in total. The Hall–Kier alpha value is -1.22. The van der Waals surface area contributed by atoms with E-state index in [1.165, 1.54) is 36.8 Å². The molecule has 0 heterocycles. The highest BCUT2D eigenvalue weighted by molar-refractivity contribution is 5.48. The van der Waals surface area contributed by atoms with E-state index in [2.05, 4.69) is 31.4 Å². The van der Waals surface area contributed by atoms with Gasteiger partial charge in [0, 0.05) is 6.04 Å². The largest absolute Gasteiger partial charge is 0.493 e. The van der Waals surface area contributed by atoms with Crippen molar-refractivity contribution in [3.63, 3.8) is 0 Å². The molecule has 1 aromatic carbocycles. The Balaban J connectivity index is 2.36. The summed E-state index contributed by atoms with van der Waals surface area (Å²) >= 11 is 0. The first kappa shape index (κ1) is 14.2. The second-order valence-corrected chi connectivity index (χ2v) is 5.37. The fourth-order valence-electron chi connectivity index (χ4n) is 3.27. The quantitative estimate of drug-likeness (QED) is 0.882. The van der Waals surface area contributed by atoms with Crippen LogP contribution in [0.3, 0.4) is 0 Å². The number of hydrogen-bond acceptors (Lipinski definition) is 3. The van der Waals surface area contributed by atoms with E-state index >= 15 is 0 Å². The van der Waals surface area contributed by atoms with Crippen molar-refractivity contribution in [2.45, 2.75) is 38.6 Å². The molecule has 0 saturated heterocycles. The van der Waals surface area contributed by atoms with Crippen molar-refractivity contribution in [3.05, 3.63) is 23.3 Å². The molecule has 1 aliphatic carbocycles. The van der Waals surface area contributed by atoms with E-state index in [4.69, 9.17) is 9.47 Å². The number of aryl methyl sites for hydroxylation is 1. The molecule has 1 unspecified atom stereocenters. The molecule has 1 atom stereocenters. The van der Waals surface area contributed by atoms with E-state index in [0.717, 1.165) is 17.4 Å². The van der Waals surface area contributed by atoms with Crippen molar-refractivity contribution in [1.29, 1.82) is 0 Å². The normalized spacial score (nSPS) is 17.5. The van der Waals surface area contributed by atoms with Crippen LogP contribution in [0.1, 0.15) is 42.9 Å². The third-order valence-corrected chi connectivity index (χ3v) is 4.29. The van der Waals surface area contributed by atoms with Gasteiger partial charge in [-0.05, 0) is 56.0 Å². The molecule has 3 nitrogen and oxygen atoms in total. The summed E-state index contributed by atoms with van der Waals surface area (Å²) < 4.78 is 10.8. The predicted molar refractivity (Wildman–Crippen MR) is 78.0 cm³/mol. The highest BCUT2D eigenvalue weighted by Crippen LogP contribution is 2.40. The molecule has 0 aliphatic heterocycles. The first-order valence-corrected chi connectivity index (χ1v) is 7.11. The van der Waals surface area contributed by atoms with Crippen LogP contribution in [0.4, 0.5) is 0 Å². The molecule has 19 heavy (non-hydrogen) atoms. The fraction of sp³-hybridized carbons (Fsp3) is 0.625. The zero-order valence-electron chi connectivity index (χ0n) is 12.5. The molecule has 0 amide bonds. The first-order valence-electron chi connectivity index (χ1n) is 7.11. The van der Waals surface area contributed by atoms with Gasteiger partial charge in [-0.3, -0.25) is 0 Å². The topological polar surface area (TPSA) is 30.5 Å². The van der Waals surface area contributed by atoms with Crippen molar-refractivity contribution >= 4 is 0 Å². The summed E-state index contributed by atoms with van der Waals surface area (Å²) in [7, 11) is 5.43. The van der Waals surface area contributed by atoms with Crippen molar-refractivity contribution in [2.24, 2.45) is 5.92 Å². The van der Waals surface area contributed by atoms with Gasteiger partial charge in [-0.1, -0.05) is 12.8 Å². The molecular weight excluding hydrogens is 238 g/mol. The van der Waals surface area contributed by atoms with E-state index in [0.29, 0.717) is 6.04 Å². The molecule has 0 bridgehead atoms. The lowest BCUT2D eigenvalue weighted by Gasteiger charge is -2.26. The first-order chi connectivity index (χ1) is 9.21. The second kappa shape index (κ2) is 6.29. The van der Waals surface area contributed by atoms with E-state index in [1.54, 1.807) is 14.2 Å². The maximum absolute atomic E-state index is 5.44. The number of ether oxygens (including phenoxy) is 2. The van der Waals surface area contributed by atoms with Crippen LogP contribution in [0.5, 0.6) is 11.5 Å². The summed E-state index contributed by atoms with van der Waals surface area (Å²) in [6.45, 7) is 2.15. The Morgan fingerprint density at radius 3 is 2.21 bits per heavy atom. The molecule has 106 valence electrons. The van der Waals surface area contributed by atoms with Crippen LogP contribution in [0.25, 0.3) is 0 Å². The Kier molecular flexibility index (Phi) is 4.70. The summed E-state index contributed by atoms with van der Waals surface area (Å²) in [5.74, 6) is 2.37. The van der Waals surface area contributed by atoms with Crippen LogP contribution in [0, 0.1) is 12.8 Å². The third kappa shape index (κ3) is 2.86. The van der Waals surface area contributed by atoms with Crippen molar-refractivity contribution in [3.8, 4) is 11.5 Å². The van der Waals surface area contributed by atoms with Gasteiger partial charge in [0.1, 0.15) is 0 Å². The Labute approximate surface area is 116 Å². The SMILES string of the molecule is CNC(c1cc(OC)c(OC)cc1C)C1CCCC1. The maximum Gasteiger partial charge on any atom is 0.161 e. The van der Waals surface area contributed by atoms with Gasteiger partial charge in [-0.25, -0.2) is 0 Å². The minimum absolute atomic E-state index is 0.419. The number of hydrogen-bond donors (Lipinski definition) is 1. The molecule has 0 radical (unpaired) electrons. The van der Waals surface area contributed by atoms with Gasteiger partial charge in [0.25, 0.3) is 0 Å². The molecule has 3 heteroatoms. The third-order valence-electron chi connectivity index (χ3n) is 4.29. The van der Waals surface area contributed by atoms with Crippen LogP contribution in [-0.4, -0.2) is 21.3 Å². The molecule has 2 rings (SSSR count). The van der Waals surface area contributed by atoms with E-state index < -0.39 is 0 Å². The predicted octanol–water partition coefficient (Wildman–Crippen LogP) is 3.46. The highest BCUT2D eigenvalue weighted by Gasteiger charge is 2.27. The van der Waals surface area contributed by atoms with Gasteiger partial charge in [0.15, 0.2) is 11.5 Å².